The summed E-state index contributed by atoms with van der Waals surface area (Å²) in [5.41, 5.74) is 2.28. The van der Waals surface area contributed by atoms with E-state index >= 15 is 0 Å². The topological polar surface area (TPSA) is 78.8 Å². The highest BCUT2D eigenvalue weighted by atomic mass is 16.5. The summed E-state index contributed by atoms with van der Waals surface area (Å²) in [6.07, 6.45) is 17.1. The highest BCUT2D eigenvalue weighted by molar-refractivity contribution is 5.76. The van der Waals surface area contributed by atoms with Crippen LogP contribution in [-0.2, 0) is 4.79 Å². The number of hydrogen-bond donors (Lipinski definition) is 1. The molecule has 1 N–H and O–H groups in total. The summed E-state index contributed by atoms with van der Waals surface area (Å²) in [6.45, 7) is 10.6. The number of anilines is 1. The molecule has 7 heteroatoms. The summed E-state index contributed by atoms with van der Waals surface area (Å²) < 4.78 is 5.22. The van der Waals surface area contributed by atoms with Crippen molar-refractivity contribution in [3.8, 4) is 5.88 Å². The molecular weight excluding hydrogens is 500 g/mol. The number of carbonyl (C=O) groups is 1. The molecule has 0 radical (unpaired) electrons. The number of rotatable bonds is 6. The highest BCUT2D eigenvalue weighted by Crippen LogP contribution is 2.67. The molecule has 3 saturated carbocycles. The molecule has 7 nitrogen and oxygen atoms in total. The normalized spacial score (nSPS) is 38.1. The maximum atomic E-state index is 13.2. The zero-order chi connectivity index (χ0) is 28.1. The van der Waals surface area contributed by atoms with Crippen molar-refractivity contribution in [2.75, 3.05) is 38.2 Å². The fourth-order valence-electron chi connectivity index (χ4n) is 10.1. The first-order valence-electron chi connectivity index (χ1n) is 16.0. The zero-order valence-corrected chi connectivity index (χ0v) is 25.1. The van der Waals surface area contributed by atoms with Gasteiger partial charge in [0.15, 0.2) is 5.82 Å². The van der Waals surface area contributed by atoms with E-state index in [1.165, 1.54) is 32.1 Å². The van der Waals surface area contributed by atoms with Crippen LogP contribution in [0.1, 0.15) is 85.0 Å². The van der Waals surface area contributed by atoms with Gasteiger partial charge in [-0.05, 0) is 98.2 Å². The molecule has 0 spiro atoms. The van der Waals surface area contributed by atoms with Gasteiger partial charge in [0.25, 0.3) is 0 Å². The third kappa shape index (κ3) is 4.84. The molecule has 1 aromatic rings. The van der Waals surface area contributed by atoms with Gasteiger partial charge in [0.2, 0.25) is 11.8 Å². The second-order valence-electron chi connectivity index (χ2n) is 14.2. The number of nitrogens with zero attached hydrogens (tertiary/aromatic N) is 4. The molecule has 1 amide bonds. The highest BCUT2D eigenvalue weighted by Gasteiger charge is 2.59. The number of aromatic nitrogens is 2. The lowest BCUT2D eigenvalue weighted by atomic mass is 9.47. The van der Waals surface area contributed by atoms with Gasteiger partial charge in [-0.1, -0.05) is 32.4 Å². The van der Waals surface area contributed by atoms with Crippen LogP contribution >= 0.6 is 0 Å². The van der Waals surface area contributed by atoms with Gasteiger partial charge >= 0.3 is 0 Å². The summed E-state index contributed by atoms with van der Waals surface area (Å²) >= 11 is 0. The summed E-state index contributed by atoms with van der Waals surface area (Å²) in [5.74, 6) is 5.35. The summed E-state index contributed by atoms with van der Waals surface area (Å²) in [5, 5.41) is 10.3. The van der Waals surface area contributed by atoms with E-state index in [4.69, 9.17) is 4.74 Å². The van der Waals surface area contributed by atoms with Crippen LogP contribution in [0.15, 0.2) is 24.0 Å². The van der Waals surface area contributed by atoms with E-state index in [1.54, 1.807) is 25.1 Å². The lowest BCUT2D eigenvalue weighted by Gasteiger charge is -2.58. The molecular formula is C33H50N4O3. The number of allylic oxidation sites excluding steroid dienone is 1. The molecule has 6 rings (SSSR count). The second kappa shape index (κ2) is 10.9. The number of carbonyl (C=O) groups excluding carboxylic acids is 1. The van der Waals surface area contributed by atoms with Crippen molar-refractivity contribution in [3.63, 3.8) is 0 Å². The van der Waals surface area contributed by atoms with Crippen molar-refractivity contribution in [1.82, 2.24) is 14.9 Å². The van der Waals surface area contributed by atoms with E-state index < -0.39 is 0 Å². The molecule has 0 aromatic carbocycles. The minimum absolute atomic E-state index is 0.129. The Morgan fingerprint density at radius 3 is 2.67 bits per heavy atom. The summed E-state index contributed by atoms with van der Waals surface area (Å²) in [7, 11) is 1.61. The predicted molar refractivity (Wildman–Crippen MR) is 157 cm³/mol. The van der Waals surface area contributed by atoms with Gasteiger partial charge < -0.3 is 19.6 Å². The van der Waals surface area contributed by atoms with Gasteiger partial charge in [-0.25, -0.2) is 0 Å². The quantitative estimate of drug-likeness (QED) is 0.472. The van der Waals surface area contributed by atoms with E-state index in [9.17, 15) is 9.90 Å². The number of hydrogen-bond acceptors (Lipinski definition) is 6. The molecule has 220 valence electrons. The Balaban J connectivity index is 1.03. The fourth-order valence-corrected chi connectivity index (χ4v) is 10.1. The van der Waals surface area contributed by atoms with E-state index in [1.807, 2.05) is 0 Å². The third-order valence-corrected chi connectivity index (χ3v) is 12.4. The average molecular weight is 551 g/mol. The number of ether oxygens (including phenoxy) is 1. The molecule has 2 heterocycles. The van der Waals surface area contributed by atoms with Gasteiger partial charge in [-0.2, -0.15) is 4.98 Å². The SMILES string of the molecule is COc1cncc(N2CCN(C(=O)CC[C@@H](C)[C@H]3CC[C@H]4[C@@H]5CC=C6C[C@@H](O)CC[C@]6(C)[C@H]5CC[C@]34C)CC2)n1. The molecule has 4 aliphatic carbocycles. The van der Waals surface area contributed by atoms with Gasteiger partial charge in [-0.15, -0.1) is 0 Å². The Hall–Kier alpha value is -2.15. The van der Waals surface area contributed by atoms with Gasteiger partial charge in [0.1, 0.15) is 0 Å². The van der Waals surface area contributed by atoms with Crippen molar-refractivity contribution in [3.05, 3.63) is 24.0 Å². The standard InChI is InChI=1S/C33H50N4O3/c1-22(5-10-31(39)37-17-15-36(16-18-37)29-20-34-21-30(35-29)40-4)26-8-9-27-25-7-6-23-19-24(38)11-13-32(23,2)28(25)12-14-33(26,27)3/h6,20-22,24-28,38H,5,7-19H2,1-4H3/t22-,24+,25+,26-,27+,28+,32+,33-/m1/s1. The molecule has 8 atom stereocenters. The van der Waals surface area contributed by atoms with Crippen LogP contribution < -0.4 is 9.64 Å². The van der Waals surface area contributed by atoms with Crippen LogP contribution in [0.3, 0.4) is 0 Å². The Labute approximate surface area is 240 Å². The minimum atomic E-state index is -0.129. The molecule has 4 fully saturated rings. The summed E-state index contributed by atoms with van der Waals surface area (Å²) in [4.78, 5) is 26.2. The number of aliphatic hydroxyl groups is 1. The van der Waals surface area contributed by atoms with Crippen molar-refractivity contribution >= 4 is 11.7 Å². The number of piperazine rings is 1. The minimum Gasteiger partial charge on any atom is -0.480 e. The smallest absolute Gasteiger partial charge is 0.233 e. The van der Waals surface area contributed by atoms with E-state index in [0.717, 1.165) is 81.4 Å². The number of methoxy groups -OCH3 is 1. The molecule has 1 aliphatic heterocycles. The first-order valence-corrected chi connectivity index (χ1v) is 16.0. The maximum absolute atomic E-state index is 13.2. The van der Waals surface area contributed by atoms with Crippen LogP contribution in [0.5, 0.6) is 5.88 Å². The van der Waals surface area contributed by atoms with Gasteiger partial charge in [-0.3, -0.25) is 9.78 Å². The summed E-state index contributed by atoms with van der Waals surface area (Å²) in [6, 6.07) is 0. The Morgan fingerprint density at radius 2 is 1.90 bits per heavy atom. The van der Waals surface area contributed by atoms with Crippen molar-refractivity contribution in [2.24, 2.45) is 40.4 Å². The molecule has 0 bridgehead atoms. The van der Waals surface area contributed by atoms with Crippen LogP contribution in [0.25, 0.3) is 0 Å². The first-order chi connectivity index (χ1) is 19.2. The van der Waals surface area contributed by atoms with Crippen LogP contribution in [0.2, 0.25) is 0 Å². The molecule has 0 unspecified atom stereocenters. The Morgan fingerprint density at radius 1 is 1.10 bits per heavy atom. The Kier molecular flexibility index (Phi) is 7.64. The van der Waals surface area contributed by atoms with Gasteiger partial charge in [0.05, 0.1) is 25.6 Å². The zero-order valence-electron chi connectivity index (χ0n) is 25.1. The molecule has 1 aromatic heterocycles. The van der Waals surface area contributed by atoms with Crippen LogP contribution in [-0.4, -0.2) is 65.3 Å². The first kappa shape index (κ1) is 28.0. The third-order valence-electron chi connectivity index (χ3n) is 12.4. The van der Waals surface area contributed by atoms with Crippen molar-refractivity contribution in [2.45, 2.75) is 91.1 Å². The lowest BCUT2D eigenvalue weighted by Crippen LogP contribution is -2.51. The largest absolute Gasteiger partial charge is 0.480 e. The van der Waals surface area contributed by atoms with Crippen molar-refractivity contribution < 1.29 is 14.6 Å². The average Bonchev–Trinajstić information content (AvgIpc) is 3.33. The monoisotopic (exact) mass is 550 g/mol. The van der Waals surface area contributed by atoms with Crippen LogP contribution in [0.4, 0.5) is 5.82 Å². The van der Waals surface area contributed by atoms with Crippen molar-refractivity contribution in [1.29, 1.82) is 0 Å². The van der Waals surface area contributed by atoms with Crippen LogP contribution in [0, 0.1) is 40.4 Å². The van der Waals surface area contributed by atoms with Gasteiger partial charge in [0, 0.05) is 32.6 Å². The number of fused-ring (bicyclic) bond motifs is 5. The number of aliphatic hydroxyl groups excluding tert-OH is 1. The predicted octanol–water partition coefficient (Wildman–Crippen LogP) is 5.49. The second-order valence-corrected chi connectivity index (χ2v) is 14.2. The maximum Gasteiger partial charge on any atom is 0.233 e. The molecule has 1 saturated heterocycles. The number of amides is 1. The molecule has 5 aliphatic rings. The fraction of sp³-hybridized carbons (Fsp3) is 0.788. The Bertz CT molecular complexity index is 1120. The molecule has 40 heavy (non-hydrogen) atoms. The van der Waals surface area contributed by atoms with E-state index in [-0.39, 0.29) is 6.10 Å². The van der Waals surface area contributed by atoms with E-state index in [0.29, 0.717) is 35.0 Å². The van der Waals surface area contributed by atoms with E-state index in [2.05, 4.69) is 46.6 Å². The lowest BCUT2D eigenvalue weighted by molar-refractivity contribution is -0.132.